The van der Waals surface area contributed by atoms with Crippen LogP contribution < -0.4 is 5.32 Å². The SMILES string of the molecule is O=C(CN1CCC(C(=O)N2CCCC2)CC1)Nc1cc(Cl)cc(Cl)c1. The van der Waals surface area contributed by atoms with E-state index in [0.717, 1.165) is 51.9 Å². The van der Waals surface area contributed by atoms with Gasteiger partial charge in [0.15, 0.2) is 0 Å². The minimum absolute atomic E-state index is 0.0948. The quantitative estimate of drug-likeness (QED) is 0.867. The van der Waals surface area contributed by atoms with Gasteiger partial charge in [-0.05, 0) is 57.0 Å². The summed E-state index contributed by atoms with van der Waals surface area (Å²) in [6, 6.07) is 4.97. The van der Waals surface area contributed by atoms with Crippen LogP contribution in [0.15, 0.2) is 18.2 Å². The third-order valence-electron chi connectivity index (χ3n) is 4.87. The van der Waals surface area contributed by atoms with E-state index in [2.05, 4.69) is 10.2 Å². The van der Waals surface area contributed by atoms with Crippen LogP contribution in [0.1, 0.15) is 25.7 Å². The molecule has 1 aromatic rings. The summed E-state index contributed by atoms with van der Waals surface area (Å²) in [6.45, 7) is 3.67. The molecule has 0 aliphatic carbocycles. The molecule has 25 heavy (non-hydrogen) atoms. The molecule has 3 rings (SSSR count). The molecule has 2 saturated heterocycles. The normalized spacial score (nSPS) is 19.2. The molecule has 0 saturated carbocycles. The van der Waals surface area contributed by atoms with Crippen molar-refractivity contribution in [1.82, 2.24) is 9.80 Å². The smallest absolute Gasteiger partial charge is 0.238 e. The first-order chi connectivity index (χ1) is 12.0. The zero-order chi connectivity index (χ0) is 17.8. The first-order valence-electron chi connectivity index (χ1n) is 8.78. The molecule has 1 N–H and O–H groups in total. The van der Waals surface area contributed by atoms with Gasteiger partial charge in [-0.25, -0.2) is 0 Å². The lowest BCUT2D eigenvalue weighted by Gasteiger charge is -2.32. The van der Waals surface area contributed by atoms with E-state index in [9.17, 15) is 9.59 Å². The number of benzene rings is 1. The van der Waals surface area contributed by atoms with E-state index in [-0.39, 0.29) is 11.8 Å². The summed E-state index contributed by atoms with van der Waals surface area (Å²) in [5.41, 5.74) is 0.599. The van der Waals surface area contributed by atoms with Gasteiger partial charge in [0.25, 0.3) is 0 Å². The van der Waals surface area contributed by atoms with Crippen LogP contribution in [-0.2, 0) is 9.59 Å². The van der Waals surface area contributed by atoms with Crippen molar-refractivity contribution < 1.29 is 9.59 Å². The maximum absolute atomic E-state index is 12.4. The molecule has 0 atom stereocenters. The summed E-state index contributed by atoms with van der Waals surface area (Å²) in [5, 5.41) is 3.80. The number of amides is 2. The largest absolute Gasteiger partial charge is 0.342 e. The van der Waals surface area contributed by atoms with E-state index in [1.807, 2.05) is 4.90 Å². The van der Waals surface area contributed by atoms with Crippen LogP contribution in [0.3, 0.4) is 0 Å². The number of hydrogen-bond donors (Lipinski definition) is 1. The highest BCUT2D eigenvalue weighted by atomic mass is 35.5. The Morgan fingerprint density at radius 2 is 1.60 bits per heavy atom. The average molecular weight is 384 g/mol. The van der Waals surface area contributed by atoms with Gasteiger partial charge in [0.05, 0.1) is 6.54 Å². The van der Waals surface area contributed by atoms with Crippen molar-refractivity contribution in [2.75, 3.05) is 38.0 Å². The lowest BCUT2D eigenvalue weighted by molar-refractivity contribution is -0.136. The molecule has 0 radical (unpaired) electrons. The summed E-state index contributed by atoms with van der Waals surface area (Å²) in [4.78, 5) is 28.7. The highest BCUT2D eigenvalue weighted by molar-refractivity contribution is 6.35. The van der Waals surface area contributed by atoms with Crippen molar-refractivity contribution in [2.24, 2.45) is 5.92 Å². The van der Waals surface area contributed by atoms with E-state index in [1.54, 1.807) is 18.2 Å². The third-order valence-corrected chi connectivity index (χ3v) is 5.30. The predicted octanol–water partition coefficient (Wildman–Crippen LogP) is 3.27. The Morgan fingerprint density at radius 1 is 1.00 bits per heavy atom. The second-order valence-electron chi connectivity index (χ2n) is 6.79. The van der Waals surface area contributed by atoms with E-state index >= 15 is 0 Å². The Morgan fingerprint density at radius 3 is 2.20 bits per heavy atom. The Labute approximate surface area is 158 Å². The zero-order valence-corrected chi connectivity index (χ0v) is 15.7. The highest BCUT2D eigenvalue weighted by Crippen LogP contribution is 2.24. The summed E-state index contributed by atoms with van der Waals surface area (Å²) >= 11 is 11.9. The molecule has 0 spiro atoms. The van der Waals surface area contributed by atoms with Crippen LogP contribution in [0.2, 0.25) is 10.0 Å². The summed E-state index contributed by atoms with van der Waals surface area (Å²) in [5.74, 6) is 0.321. The van der Waals surface area contributed by atoms with Crippen molar-refractivity contribution in [2.45, 2.75) is 25.7 Å². The van der Waals surface area contributed by atoms with Gasteiger partial charge in [0.2, 0.25) is 11.8 Å². The van der Waals surface area contributed by atoms with Crippen LogP contribution in [0.25, 0.3) is 0 Å². The molecule has 5 nitrogen and oxygen atoms in total. The number of carbonyl (C=O) groups excluding carboxylic acids is 2. The molecule has 2 fully saturated rings. The topological polar surface area (TPSA) is 52.7 Å². The zero-order valence-electron chi connectivity index (χ0n) is 14.1. The number of nitrogens with zero attached hydrogens (tertiary/aromatic N) is 2. The molecule has 7 heteroatoms. The van der Waals surface area contributed by atoms with Gasteiger partial charge in [-0.3, -0.25) is 14.5 Å². The van der Waals surface area contributed by atoms with Crippen molar-refractivity contribution in [3.8, 4) is 0 Å². The fraction of sp³-hybridized carbons (Fsp3) is 0.556. The van der Waals surface area contributed by atoms with Gasteiger partial charge in [-0.1, -0.05) is 23.2 Å². The Kier molecular flexibility index (Phi) is 6.20. The van der Waals surface area contributed by atoms with Crippen LogP contribution in [0, 0.1) is 5.92 Å². The maximum Gasteiger partial charge on any atom is 0.238 e. The Balaban J connectivity index is 1.45. The number of hydrogen-bond acceptors (Lipinski definition) is 3. The molecule has 2 aliphatic heterocycles. The van der Waals surface area contributed by atoms with E-state index < -0.39 is 0 Å². The number of rotatable bonds is 4. The minimum atomic E-state index is -0.0948. The second-order valence-corrected chi connectivity index (χ2v) is 7.66. The van der Waals surface area contributed by atoms with E-state index in [1.165, 1.54) is 0 Å². The first kappa shape index (κ1) is 18.5. The minimum Gasteiger partial charge on any atom is -0.342 e. The number of carbonyl (C=O) groups is 2. The highest BCUT2D eigenvalue weighted by Gasteiger charge is 2.30. The molecule has 2 aliphatic rings. The molecule has 0 unspecified atom stereocenters. The fourth-order valence-corrected chi connectivity index (χ4v) is 4.09. The molecule has 0 bridgehead atoms. The molecular formula is C18H23Cl2N3O2. The van der Waals surface area contributed by atoms with Gasteiger partial charge >= 0.3 is 0 Å². The lowest BCUT2D eigenvalue weighted by atomic mass is 9.95. The second kappa shape index (κ2) is 8.39. The average Bonchev–Trinajstić information content (AvgIpc) is 3.08. The van der Waals surface area contributed by atoms with Crippen LogP contribution in [0.4, 0.5) is 5.69 Å². The Hall–Kier alpha value is -1.30. The third kappa shape index (κ3) is 5.09. The van der Waals surface area contributed by atoms with Gasteiger partial charge in [-0.2, -0.15) is 0 Å². The van der Waals surface area contributed by atoms with Crippen LogP contribution in [-0.4, -0.2) is 54.3 Å². The summed E-state index contributed by atoms with van der Waals surface area (Å²) in [7, 11) is 0. The van der Waals surface area contributed by atoms with Gasteiger partial charge in [-0.15, -0.1) is 0 Å². The number of anilines is 1. The molecule has 1 aromatic carbocycles. The number of likely N-dealkylation sites (tertiary alicyclic amines) is 2. The molecule has 0 aromatic heterocycles. The molecule has 2 amide bonds. The van der Waals surface area contributed by atoms with Crippen molar-refractivity contribution in [3.05, 3.63) is 28.2 Å². The lowest BCUT2D eigenvalue weighted by Crippen LogP contribution is -2.43. The molecular weight excluding hydrogens is 361 g/mol. The summed E-state index contributed by atoms with van der Waals surface area (Å²) in [6.07, 6.45) is 3.90. The standard InChI is InChI=1S/C18H23Cl2N3O2/c19-14-9-15(20)11-16(10-14)21-17(24)12-22-7-3-13(4-8-22)18(25)23-5-1-2-6-23/h9-11,13H,1-8,12H2,(H,21,24). The van der Waals surface area contributed by atoms with Crippen LogP contribution >= 0.6 is 23.2 Å². The molecule has 2 heterocycles. The van der Waals surface area contributed by atoms with Crippen molar-refractivity contribution in [3.63, 3.8) is 0 Å². The fourth-order valence-electron chi connectivity index (χ4n) is 3.56. The predicted molar refractivity (Wildman–Crippen MR) is 100 cm³/mol. The van der Waals surface area contributed by atoms with Crippen molar-refractivity contribution in [1.29, 1.82) is 0 Å². The monoisotopic (exact) mass is 383 g/mol. The number of halogens is 2. The van der Waals surface area contributed by atoms with Crippen molar-refractivity contribution >= 4 is 40.7 Å². The number of nitrogens with one attached hydrogen (secondary N) is 1. The van der Waals surface area contributed by atoms with Gasteiger partial charge in [0, 0.05) is 34.7 Å². The number of piperidine rings is 1. The van der Waals surface area contributed by atoms with Crippen LogP contribution in [0.5, 0.6) is 0 Å². The Bertz CT molecular complexity index is 619. The van der Waals surface area contributed by atoms with E-state index in [4.69, 9.17) is 23.2 Å². The first-order valence-corrected chi connectivity index (χ1v) is 9.54. The summed E-state index contributed by atoms with van der Waals surface area (Å²) < 4.78 is 0. The molecule has 136 valence electrons. The maximum atomic E-state index is 12.4. The van der Waals surface area contributed by atoms with E-state index in [0.29, 0.717) is 28.2 Å². The van der Waals surface area contributed by atoms with Gasteiger partial charge in [0.1, 0.15) is 0 Å². The van der Waals surface area contributed by atoms with Gasteiger partial charge < -0.3 is 10.2 Å².